The highest BCUT2D eigenvalue weighted by Crippen LogP contribution is 2.17. The smallest absolute Gasteiger partial charge is 0.394 e. The maximum absolute atomic E-state index is 11.2. The second-order valence-electron chi connectivity index (χ2n) is 3.96. The average Bonchev–Trinajstić information content (AvgIpc) is 2.45. The molecule has 1 amide bonds. The van der Waals surface area contributed by atoms with E-state index in [2.05, 4.69) is 8.37 Å². The molecule has 0 aliphatic heterocycles. The number of carbonyl (C=O) groups is 2. The van der Waals surface area contributed by atoms with Crippen molar-refractivity contribution in [2.45, 2.75) is 31.3 Å². The van der Waals surface area contributed by atoms with Crippen molar-refractivity contribution < 1.29 is 55.5 Å². The van der Waals surface area contributed by atoms with Gasteiger partial charge in [0.15, 0.2) is 0 Å². The van der Waals surface area contributed by atoms with E-state index in [-0.39, 0.29) is 6.29 Å². The molecule has 5 N–H and O–H groups in total. The summed E-state index contributed by atoms with van der Waals surface area (Å²) in [5.74, 6) is -1.14. The van der Waals surface area contributed by atoms with Crippen molar-refractivity contribution in [2.24, 2.45) is 0 Å². The van der Waals surface area contributed by atoms with Crippen molar-refractivity contribution in [3.05, 3.63) is 0 Å². The Morgan fingerprint density at radius 2 is 1.70 bits per heavy atom. The number of aliphatic hydroxyl groups excluding tert-OH is 2. The molecule has 0 heterocycles. The maximum Gasteiger partial charge on any atom is 0.397 e. The Kier molecular flexibility index (Phi) is 7.42. The van der Waals surface area contributed by atoms with E-state index in [0.717, 1.165) is 0 Å². The molecule has 0 aliphatic rings. The lowest BCUT2D eigenvalue weighted by molar-refractivity contribution is -0.127. The van der Waals surface area contributed by atoms with Gasteiger partial charge < -0.3 is 20.3 Å². The fourth-order valence-electron chi connectivity index (χ4n) is 1.42. The van der Waals surface area contributed by atoms with Crippen LogP contribution < -0.4 is 5.32 Å². The van der Waals surface area contributed by atoms with Gasteiger partial charge in [-0.1, -0.05) is 0 Å². The molecule has 0 unspecified atom stereocenters. The van der Waals surface area contributed by atoms with Crippen molar-refractivity contribution in [3.8, 4) is 0 Å². The highest BCUT2D eigenvalue weighted by molar-refractivity contribution is 7.81. The SMILES string of the molecule is [2H]CC(=O)N[C@@H](C=O)[C@@H](OS(=O)(=O)O)[C@@H](OS(=O)(=O)O)[C@H](O)CO. The van der Waals surface area contributed by atoms with Crippen molar-refractivity contribution in [3.63, 3.8) is 0 Å². The molecule has 0 rings (SSSR count). The Balaban J connectivity index is 5.90. The summed E-state index contributed by atoms with van der Waals surface area (Å²) in [5.41, 5.74) is 0. The van der Waals surface area contributed by atoms with Crippen LogP contribution in [0.2, 0.25) is 0 Å². The van der Waals surface area contributed by atoms with Crippen LogP contribution in [0.1, 0.15) is 8.27 Å². The molecular formula is C8H15NO12S2. The first-order valence-corrected chi connectivity index (χ1v) is 8.21. The maximum atomic E-state index is 11.2. The van der Waals surface area contributed by atoms with Gasteiger partial charge in [-0.3, -0.25) is 13.9 Å². The predicted octanol–water partition coefficient (Wildman–Crippen LogP) is -3.58. The summed E-state index contributed by atoms with van der Waals surface area (Å²) in [6.45, 7) is -2.17. The molecule has 4 atom stereocenters. The number of hydrogen-bond acceptors (Lipinski definition) is 10. The number of hydrogen-bond donors (Lipinski definition) is 5. The summed E-state index contributed by atoms with van der Waals surface area (Å²) in [7, 11) is -10.7. The van der Waals surface area contributed by atoms with E-state index >= 15 is 0 Å². The number of carbonyl (C=O) groups excluding carboxylic acids is 2. The number of aliphatic hydroxyl groups is 2. The molecule has 0 aromatic rings. The summed E-state index contributed by atoms with van der Waals surface area (Å²) >= 11 is 0. The van der Waals surface area contributed by atoms with Crippen LogP contribution in [0.15, 0.2) is 0 Å². The van der Waals surface area contributed by atoms with Gasteiger partial charge in [-0.15, -0.1) is 0 Å². The lowest BCUT2D eigenvalue weighted by atomic mass is 10.0. The van der Waals surface area contributed by atoms with Crippen LogP contribution in [0.4, 0.5) is 0 Å². The van der Waals surface area contributed by atoms with E-state index < -0.39 is 64.6 Å². The van der Waals surface area contributed by atoms with Gasteiger partial charge in [-0.2, -0.15) is 16.8 Å². The van der Waals surface area contributed by atoms with Crippen LogP contribution in [0.3, 0.4) is 0 Å². The van der Waals surface area contributed by atoms with Gasteiger partial charge in [0.1, 0.15) is 30.6 Å². The van der Waals surface area contributed by atoms with E-state index in [9.17, 15) is 31.5 Å². The van der Waals surface area contributed by atoms with Gasteiger partial charge in [-0.05, 0) is 0 Å². The second-order valence-corrected chi connectivity index (χ2v) is 6.05. The molecule has 0 saturated carbocycles. The first-order valence-electron chi connectivity index (χ1n) is 6.19. The van der Waals surface area contributed by atoms with Crippen LogP contribution in [-0.2, 0) is 38.8 Å². The monoisotopic (exact) mass is 382 g/mol. The molecule has 0 aromatic carbocycles. The minimum absolute atomic E-state index is 0.173. The zero-order chi connectivity index (χ0) is 19.1. The number of aldehydes is 1. The lowest BCUT2D eigenvalue weighted by Crippen LogP contribution is -2.56. The number of rotatable bonds is 10. The Morgan fingerprint density at radius 1 is 1.22 bits per heavy atom. The Bertz CT molecular complexity index is 633. The molecule has 0 spiro atoms. The van der Waals surface area contributed by atoms with E-state index in [1.54, 1.807) is 5.32 Å². The predicted molar refractivity (Wildman–Crippen MR) is 69.6 cm³/mol. The minimum atomic E-state index is -5.37. The van der Waals surface area contributed by atoms with Crippen molar-refractivity contribution in [2.75, 3.05) is 6.61 Å². The highest BCUT2D eigenvalue weighted by Gasteiger charge is 2.42. The molecule has 0 fully saturated rings. The molecule has 0 aromatic heterocycles. The van der Waals surface area contributed by atoms with Gasteiger partial charge in [0.05, 0.1) is 6.61 Å². The van der Waals surface area contributed by atoms with Crippen molar-refractivity contribution in [1.82, 2.24) is 5.32 Å². The van der Waals surface area contributed by atoms with Gasteiger partial charge in [-0.25, -0.2) is 8.37 Å². The van der Waals surface area contributed by atoms with Gasteiger partial charge >= 0.3 is 20.8 Å². The van der Waals surface area contributed by atoms with Gasteiger partial charge in [0, 0.05) is 8.27 Å². The number of nitrogens with one attached hydrogen (secondary N) is 1. The van der Waals surface area contributed by atoms with Gasteiger partial charge in [0.2, 0.25) is 5.91 Å². The molecule has 0 aliphatic carbocycles. The van der Waals surface area contributed by atoms with Crippen LogP contribution >= 0.6 is 0 Å². The summed E-state index contributed by atoms with van der Waals surface area (Å²) < 4.78 is 75.4. The molecule has 136 valence electrons. The standard InChI is InChI=1S/C8H15NO12S2/c1-4(12)9-5(2-10)7(20-22(14,15)16)8(6(13)3-11)21-23(17,18)19/h2,5-8,11,13H,3H2,1H3,(H,9,12)(H,14,15,16)(H,17,18,19)/t5-,6+,7+,8-/m0/s1/i1D. The zero-order valence-electron chi connectivity index (χ0n) is 12.2. The first kappa shape index (κ1) is 19.8. The summed E-state index contributed by atoms with van der Waals surface area (Å²) in [4.78, 5) is 22.2. The first-order chi connectivity index (χ1) is 10.8. The third-order valence-corrected chi connectivity index (χ3v) is 3.11. The number of amides is 1. The third-order valence-electron chi connectivity index (χ3n) is 2.18. The van der Waals surface area contributed by atoms with Crippen LogP contribution in [0.5, 0.6) is 0 Å². The van der Waals surface area contributed by atoms with Crippen molar-refractivity contribution in [1.29, 1.82) is 0 Å². The Labute approximate surface area is 132 Å². The molecule has 0 saturated heterocycles. The highest BCUT2D eigenvalue weighted by atomic mass is 32.3. The summed E-state index contributed by atoms with van der Waals surface area (Å²) in [5, 5.41) is 20.1. The van der Waals surface area contributed by atoms with Crippen LogP contribution in [0.25, 0.3) is 0 Å². The fourth-order valence-corrected chi connectivity index (χ4v) is 2.45. The molecule has 15 heteroatoms. The Hall–Kier alpha value is -1.20. The Morgan fingerprint density at radius 3 is 2.04 bits per heavy atom. The van der Waals surface area contributed by atoms with E-state index in [0.29, 0.717) is 0 Å². The molecule has 13 nitrogen and oxygen atoms in total. The summed E-state index contributed by atoms with van der Waals surface area (Å²) in [6.07, 6.45) is -7.26. The topological polar surface area (TPSA) is 214 Å². The molecule has 23 heavy (non-hydrogen) atoms. The van der Waals surface area contributed by atoms with Crippen LogP contribution in [-0.4, -0.2) is 79.3 Å². The van der Waals surface area contributed by atoms with E-state index in [1.807, 2.05) is 0 Å². The fraction of sp³-hybridized carbons (Fsp3) is 0.750. The average molecular weight is 382 g/mol. The quantitative estimate of drug-likeness (QED) is 0.183. The summed E-state index contributed by atoms with van der Waals surface area (Å²) in [6, 6.07) is -2.04. The molecule has 0 radical (unpaired) electrons. The van der Waals surface area contributed by atoms with E-state index in [4.69, 9.17) is 15.6 Å². The third kappa shape index (κ3) is 8.86. The van der Waals surface area contributed by atoms with Gasteiger partial charge in [0.25, 0.3) is 0 Å². The van der Waals surface area contributed by atoms with Crippen LogP contribution in [0, 0.1) is 0 Å². The normalized spacial score (nSPS) is 18.3. The van der Waals surface area contributed by atoms with E-state index in [1.165, 1.54) is 0 Å². The largest absolute Gasteiger partial charge is 0.397 e. The lowest BCUT2D eigenvalue weighted by Gasteiger charge is -2.30. The second kappa shape index (κ2) is 8.60. The minimum Gasteiger partial charge on any atom is -0.394 e. The van der Waals surface area contributed by atoms with Crippen molar-refractivity contribution >= 4 is 33.0 Å². The molecular weight excluding hydrogens is 366 g/mol. The molecule has 0 bridgehead atoms. The zero-order valence-corrected chi connectivity index (χ0v) is 12.8.